The molecular formula is C16H18N4S. The maximum absolute atomic E-state index is 4.43. The quantitative estimate of drug-likeness (QED) is 0.784. The van der Waals surface area contributed by atoms with E-state index in [1.807, 2.05) is 42.2 Å². The van der Waals surface area contributed by atoms with Crippen molar-refractivity contribution in [3.63, 3.8) is 0 Å². The number of benzene rings is 1. The van der Waals surface area contributed by atoms with Crippen molar-refractivity contribution in [3.8, 4) is 5.69 Å². The third kappa shape index (κ3) is 3.37. The molecule has 0 radical (unpaired) electrons. The van der Waals surface area contributed by atoms with Gasteiger partial charge in [-0.3, -0.25) is 0 Å². The van der Waals surface area contributed by atoms with Gasteiger partial charge in [-0.25, -0.2) is 9.67 Å². The molecule has 0 saturated heterocycles. The number of nitrogens with zero attached hydrogens (tertiary/aromatic N) is 3. The molecule has 0 aliphatic carbocycles. The van der Waals surface area contributed by atoms with Crippen LogP contribution < -0.4 is 5.32 Å². The number of aryl methyl sites for hydroxylation is 1. The second kappa shape index (κ2) is 6.20. The van der Waals surface area contributed by atoms with Crippen LogP contribution in [0.4, 0.5) is 0 Å². The van der Waals surface area contributed by atoms with Crippen molar-refractivity contribution >= 4 is 11.3 Å². The van der Waals surface area contributed by atoms with Crippen LogP contribution in [0.25, 0.3) is 5.69 Å². The van der Waals surface area contributed by atoms with Gasteiger partial charge in [0, 0.05) is 35.4 Å². The topological polar surface area (TPSA) is 42.7 Å². The van der Waals surface area contributed by atoms with Crippen LogP contribution in [-0.4, -0.2) is 14.8 Å². The molecule has 108 valence electrons. The summed E-state index contributed by atoms with van der Waals surface area (Å²) < 4.78 is 1.91. The predicted molar refractivity (Wildman–Crippen MR) is 85.7 cm³/mol. The lowest BCUT2D eigenvalue weighted by Crippen LogP contribution is -2.17. The SMILES string of the molecule is Cc1ncc(CNC(C)c2cnn(-c3ccccc3)c2)s1. The van der Waals surface area contributed by atoms with E-state index in [0.29, 0.717) is 0 Å². The van der Waals surface area contributed by atoms with Gasteiger partial charge in [0.2, 0.25) is 0 Å². The van der Waals surface area contributed by atoms with E-state index in [-0.39, 0.29) is 6.04 Å². The van der Waals surface area contributed by atoms with Gasteiger partial charge in [-0.05, 0) is 26.0 Å². The lowest BCUT2D eigenvalue weighted by Gasteiger charge is -2.10. The second-order valence-corrected chi connectivity index (χ2v) is 6.32. The van der Waals surface area contributed by atoms with E-state index in [2.05, 4.69) is 40.7 Å². The molecule has 1 unspecified atom stereocenters. The van der Waals surface area contributed by atoms with Crippen LogP contribution in [-0.2, 0) is 6.54 Å². The molecule has 5 heteroatoms. The van der Waals surface area contributed by atoms with E-state index in [4.69, 9.17) is 0 Å². The zero-order chi connectivity index (χ0) is 14.7. The minimum atomic E-state index is 0.255. The Morgan fingerprint density at radius 2 is 2.05 bits per heavy atom. The molecule has 4 nitrogen and oxygen atoms in total. The van der Waals surface area contributed by atoms with Crippen molar-refractivity contribution in [1.82, 2.24) is 20.1 Å². The minimum Gasteiger partial charge on any atom is -0.305 e. The largest absolute Gasteiger partial charge is 0.305 e. The van der Waals surface area contributed by atoms with Crippen molar-refractivity contribution in [3.05, 3.63) is 64.4 Å². The maximum Gasteiger partial charge on any atom is 0.0897 e. The van der Waals surface area contributed by atoms with Crippen molar-refractivity contribution in [1.29, 1.82) is 0 Å². The number of nitrogens with one attached hydrogen (secondary N) is 1. The molecule has 3 rings (SSSR count). The molecule has 0 fully saturated rings. The highest BCUT2D eigenvalue weighted by molar-refractivity contribution is 7.11. The Hall–Kier alpha value is -1.98. The van der Waals surface area contributed by atoms with Gasteiger partial charge in [0.1, 0.15) is 0 Å². The highest BCUT2D eigenvalue weighted by Crippen LogP contribution is 2.16. The van der Waals surface area contributed by atoms with E-state index >= 15 is 0 Å². The third-order valence-electron chi connectivity index (χ3n) is 3.37. The monoisotopic (exact) mass is 298 g/mol. The summed E-state index contributed by atoms with van der Waals surface area (Å²) in [6.07, 6.45) is 5.93. The number of aromatic nitrogens is 3. The standard InChI is InChI=1S/C16H18N4S/c1-12(17-9-16-10-18-13(2)21-16)14-8-19-20(11-14)15-6-4-3-5-7-15/h3-8,10-12,17H,9H2,1-2H3. The lowest BCUT2D eigenvalue weighted by molar-refractivity contribution is 0.578. The first kappa shape index (κ1) is 14.0. The van der Waals surface area contributed by atoms with Crippen molar-refractivity contribution in [2.75, 3.05) is 0 Å². The highest BCUT2D eigenvalue weighted by atomic mass is 32.1. The molecule has 1 atom stereocenters. The Bertz CT molecular complexity index is 702. The Kier molecular flexibility index (Phi) is 4.13. The summed E-state index contributed by atoms with van der Waals surface area (Å²) >= 11 is 1.73. The molecule has 0 bridgehead atoms. The Labute approximate surface area is 128 Å². The fraction of sp³-hybridized carbons (Fsp3) is 0.250. The molecule has 0 aliphatic rings. The van der Waals surface area contributed by atoms with Crippen LogP contribution in [0.15, 0.2) is 48.9 Å². The molecule has 2 aromatic heterocycles. The summed E-state index contributed by atoms with van der Waals surface area (Å²) in [5.74, 6) is 0. The molecule has 21 heavy (non-hydrogen) atoms. The zero-order valence-electron chi connectivity index (χ0n) is 12.2. The normalized spacial score (nSPS) is 12.5. The van der Waals surface area contributed by atoms with Gasteiger partial charge in [0.05, 0.1) is 16.9 Å². The molecule has 2 heterocycles. The van der Waals surface area contributed by atoms with Gasteiger partial charge in [-0.15, -0.1) is 11.3 Å². The molecule has 1 N–H and O–H groups in total. The van der Waals surface area contributed by atoms with Crippen LogP contribution in [0.1, 0.15) is 28.4 Å². The molecule has 0 spiro atoms. The van der Waals surface area contributed by atoms with Gasteiger partial charge in [0.25, 0.3) is 0 Å². The van der Waals surface area contributed by atoms with Gasteiger partial charge in [-0.2, -0.15) is 5.10 Å². The Morgan fingerprint density at radius 3 is 2.76 bits per heavy atom. The average molecular weight is 298 g/mol. The van der Waals surface area contributed by atoms with Crippen molar-refractivity contribution < 1.29 is 0 Å². The summed E-state index contributed by atoms with van der Waals surface area (Å²) in [6.45, 7) is 5.02. The summed E-state index contributed by atoms with van der Waals surface area (Å²) in [6, 6.07) is 10.4. The summed E-state index contributed by atoms with van der Waals surface area (Å²) in [7, 11) is 0. The van der Waals surface area contributed by atoms with E-state index in [1.54, 1.807) is 11.3 Å². The Balaban J connectivity index is 1.65. The summed E-state index contributed by atoms with van der Waals surface area (Å²) in [5.41, 5.74) is 2.26. The summed E-state index contributed by atoms with van der Waals surface area (Å²) in [5, 5.41) is 9.05. The summed E-state index contributed by atoms with van der Waals surface area (Å²) in [4.78, 5) is 5.53. The minimum absolute atomic E-state index is 0.255. The van der Waals surface area contributed by atoms with Crippen LogP contribution in [0.2, 0.25) is 0 Å². The van der Waals surface area contributed by atoms with E-state index in [1.165, 1.54) is 10.4 Å². The van der Waals surface area contributed by atoms with E-state index in [0.717, 1.165) is 17.2 Å². The Morgan fingerprint density at radius 1 is 1.24 bits per heavy atom. The predicted octanol–water partition coefficient (Wildman–Crippen LogP) is 3.49. The van der Waals surface area contributed by atoms with Crippen LogP contribution in [0, 0.1) is 6.92 Å². The van der Waals surface area contributed by atoms with Crippen LogP contribution >= 0.6 is 11.3 Å². The molecule has 0 aliphatic heterocycles. The van der Waals surface area contributed by atoms with Gasteiger partial charge >= 0.3 is 0 Å². The van der Waals surface area contributed by atoms with Gasteiger partial charge in [0.15, 0.2) is 0 Å². The molecule has 1 aromatic carbocycles. The molecular weight excluding hydrogens is 280 g/mol. The smallest absolute Gasteiger partial charge is 0.0897 e. The van der Waals surface area contributed by atoms with E-state index < -0.39 is 0 Å². The van der Waals surface area contributed by atoms with Crippen LogP contribution in [0.5, 0.6) is 0 Å². The van der Waals surface area contributed by atoms with Gasteiger partial charge < -0.3 is 5.32 Å². The second-order valence-electron chi connectivity index (χ2n) is 5.00. The first-order chi connectivity index (χ1) is 10.2. The lowest BCUT2D eigenvalue weighted by atomic mass is 10.2. The maximum atomic E-state index is 4.43. The third-order valence-corrected chi connectivity index (χ3v) is 4.29. The molecule has 0 amide bonds. The molecule has 3 aromatic rings. The van der Waals surface area contributed by atoms with Gasteiger partial charge in [-0.1, -0.05) is 18.2 Å². The number of hydrogen-bond acceptors (Lipinski definition) is 4. The number of thiazole rings is 1. The first-order valence-electron chi connectivity index (χ1n) is 6.97. The fourth-order valence-corrected chi connectivity index (χ4v) is 2.89. The highest BCUT2D eigenvalue weighted by Gasteiger charge is 2.09. The van der Waals surface area contributed by atoms with Crippen LogP contribution in [0.3, 0.4) is 0 Å². The average Bonchev–Trinajstić information content (AvgIpc) is 3.15. The zero-order valence-corrected chi connectivity index (χ0v) is 13.0. The number of para-hydroxylation sites is 1. The first-order valence-corrected chi connectivity index (χ1v) is 7.79. The van der Waals surface area contributed by atoms with E-state index in [9.17, 15) is 0 Å². The fourth-order valence-electron chi connectivity index (χ4n) is 2.14. The van der Waals surface area contributed by atoms with Crippen molar-refractivity contribution in [2.45, 2.75) is 26.4 Å². The number of hydrogen-bond donors (Lipinski definition) is 1. The molecule has 0 saturated carbocycles. The van der Waals surface area contributed by atoms with Crippen molar-refractivity contribution in [2.24, 2.45) is 0 Å². The number of rotatable bonds is 5.